The molecule has 1 saturated heterocycles. The van der Waals surface area contributed by atoms with Gasteiger partial charge in [0, 0.05) is 25.7 Å². The van der Waals surface area contributed by atoms with E-state index < -0.39 is 22.4 Å². The van der Waals surface area contributed by atoms with Crippen molar-refractivity contribution in [2.75, 3.05) is 24.3 Å². The third-order valence-corrected chi connectivity index (χ3v) is 4.77. The van der Waals surface area contributed by atoms with Gasteiger partial charge in [0.2, 0.25) is 5.95 Å². The number of carbonyl (C=O) groups is 1. The Morgan fingerprint density at radius 1 is 1.31 bits per heavy atom. The van der Waals surface area contributed by atoms with Gasteiger partial charge in [-0.15, -0.1) is 0 Å². The van der Waals surface area contributed by atoms with E-state index in [9.17, 15) is 18.0 Å². The summed E-state index contributed by atoms with van der Waals surface area (Å²) in [6.07, 6.45) is -3.36. The Morgan fingerprint density at radius 3 is 2.52 bits per heavy atom. The average molecular weight is 406 g/mol. The fraction of sp³-hybridized carbons (Fsp3) is 0.467. The summed E-state index contributed by atoms with van der Waals surface area (Å²) in [5.41, 5.74) is -1.33. The van der Waals surface area contributed by atoms with Crippen LogP contribution in [0.3, 0.4) is 0 Å². The summed E-state index contributed by atoms with van der Waals surface area (Å²) in [4.78, 5) is 19.9. The molecule has 29 heavy (non-hydrogen) atoms. The predicted octanol–water partition coefficient (Wildman–Crippen LogP) is -0.851. The van der Waals surface area contributed by atoms with Crippen molar-refractivity contribution in [2.45, 2.75) is 30.2 Å². The van der Waals surface area contributed by atoms with Gasteiger partial charge in [0.25, 0.3) is 0 Å². The molecular formula is C15H20B3F3N6O2. The van der Waals surface area contributed by atoms with Crippen molar-refractivity contribution in [3.63, 3.8) is 0 Å². The van der Waals surface area contributed by atoms with E-state index in [0.717, 1.165) is 6.20 Å². The van der Waals surface area contributed by atoms with Crippen LogP contribution in [0.15, 0.2) is 12.3 Å². The van der Waals surface area contributed by atoms with Crippen molar-refractivity contribution in [1.29, 1.82) is 0 Å². The van der Waals surface area contributed by atoms with Gasteiger partial charge in [-0.3, -0.25) is 9.48 Å². The molecule has 2 N–H and O–H groups in total. The first kappa shape index (κ1) is 21.1. The van der Waals surface area contributed by atoms with Gasteiger partial charge in [-0.2, -0.15) is 23.3 Å². The average Bonchev–Trinajstić information content (AvgIpc) is 3.18. The number of esters is 1. The monoisotopic (exact) mass is 406 g/mol. The molecule has 1 unspecified atom stereocenters. The zero-order chi connectivity index (χ0) is 21.6. The third-order valence-electron chi connectivity index (χ3n) is 4.77. The second-order valence-electron chi connectivity index (χ2n) is 8.04. The standard InChI is InChI=1S/C15H20B3F3N6O2/c1-13(3-4-29-11(13)28)8-5-9(27(26-8)15(16,17)18)24-12-23-6-7(14(19,20)21)10(22-2)25-12/h5-6H,3-4,16-18H2,1-2H3,(H2,22,23,24,25). The molecule has 3 heterocycles. The van der Waals surface area contributed by atoms with Gasteiger partial charge in [0.15, 0.2) is 0 Å². The molecule has 0 amide bonds. The van der Waals surface area contributed by atoms with E-state index in [4.69, 9.17) is 4.74 Å². The summed E-state index contributed by atoms with van der Waals surface area (Å²) in [6.45, 7) is 2.07. The molecule has 1 atom stereocenters. The summed E-state index contributed by atoms with van der Waals surface area (Å²) in [7, 11) is 7.09. The Morgan fingerprint density at radius 2 is 2.00 bits per heavy atom. The fourth-order valence-corrected chi connectivity index (χ4v) is 3.05. The lowest BCUT2D eigenvalue weighted by Gasteiger charge is -2.23. The molecule has 152 valence electrons. The number of anilines is 3. The number of halogens is 3. The van der Waals surface area contributed by atoms with Crippen molar-refractivity contribution in [2.24, 2.45) is 0 Å². The van der Waals surface area contributed by atoms with Crippen LogP contribution in [-0.4, -0.2) is 62.9 Å². The van der Waals surface area contributed by atoms with Crippen molar-refractivity contribution in [1.82, 2.24) is 19.7 Å². The van der Waals surface area contributed by atoms with Crippen LogP contribution < -0.4 is 10.6 Å². The van der Waals surface area contributed by atoms with Crippen molar-refractivity contribution in [3.8, 4) is 0 Å². The van der Waals surface area contributed by atoms with Crippen molar-refractivity contribution < 1.29 is 22.7 Å². The maximum atomic E-state index is 13.1. The van der Waals surface area contributed by atoms with Crippen LogP contribution in [-0.2, 0) is 26.4 Å². The normalized spacial score (nSPS) is 19.8. The summed E-state index contributed by atoms with van der Waals surface area (Å²) < 4.78 is 46.0. The topological polar surface area (TPSA) is 94.0 Å². The summed E-state index contributed by atoms with van der Waals surface area (Å²) in [5.74, 6) is -0.275. The second-order valence-corrected chi connectivity index (χ2v) is 8.04. The summed E-state index contributed by atoms with van der Waals surface area (Å²) in [5, 5.41) is 9.48. The molecule has 14 heteroatoms. The number of ether oxygens (including phenoxy) is 1. The number of nitrogens with one attached hydrogen (secondary N) is 2. The first-order valence-electron chi connectivity index (χ1n) is 9.03. The van der Waals surface area contributed by atoms with E-state index in [1.165, 1.54) is 7.05 Å². The van der Waals surface area contributed by atoms with E-state index in [1.54, 1.807) is 17.7 Å². The van der Waals surface area contributed by atoms with Gasteiger partial charge >= 0.3 is 12.1 Å². The molecule has 0 spiro atoms. The Labute approximate surface area is 168 Å². The van der Waals surface area contributed by atoms with Gasteiger partial charge in [-0.1, -0.05) is 0 Å². The minimum atomic E-state index is -4.57. The number of alkyl halides is 3. The first-order chi connectivity index (χ1) is 13.4. The number of carbonyl (C=O) groups excluding carboxylic acids is 1. The third kappa shape index (κ3) is 3.92. The SMILES string of the molecule is BC(B)(B)n1nc(C2(C)CCOC2=O)cc1Nc1ncc(C(F)(F)F)c(NC)n1. The van der Waals surface area contributed by atoms with Crippen LogP contribution in [0.1, 0.15) is 24.6 Å². The molecule has 2 aromatic heterocycles. The molecule has 0 aromatic carbocycles. The van der Waals surface area contributed by atoms with Crippen LogP contribution in [0.25, 0.3) is 0 Å². The highest BCUT2D eigenvalue weighted by atomic mass is 19.4. The van der Waals surface area contributed by atoms with E-state index in [2.05, 4.69) is 25.7 Å². The van der Waals surface area contributed by atoms with Crippen LogP contribution >= 0.6 is 0 Å². The number of nitrogens with zero attached hydrogens (tertiary/aromatic N) is 4. The number of hydrogen-bond donors (Lipinski definition) is 2. The first-order valence-corrected chi connectivity index (χ1v) is 9.03. The largest absolute Gasteiger partial charge is 0.465 e. The maximum absolute atomic E-state index is 13.1. The van der Waals surface area contributed by atoms with Gasteiger partial charge < -0.3 is 15.4 Å². The Hall–Kier alpha value is -2.66. The predicted molar refractivity (Wildman–Crippen MR) is 109 cm³/mol. The van der Waals surface area contributed by atoms with Crippen LogP contribution in [0.4, 0.5) is 30.8 Å². The zero-order valence-corrected chi connectivity index (χ0v) is 16.8. The lowest BCUT2D eigenvalue weighted by atomic mass is 9.49. The molecule has 0 aliphatic carbocycles. The molecule has 2 aromatic rings. The fourth-order valence-electron chi connectivity index (χ4n) is 3.05. The van der Waals surface area contributed by atoms with E-state index in [1.807, 2.05) is 23.5 Å². The number of aromatic nitrogens is 4. The van der Waals surface area contributed by atoms with Gasteiger partial charge in [0.05, 0.1) is 12.3 Å². The molecule has 1 aliphatic heterocycles. The molecule has 0 saturated carbocycles. The lowest BCUT2D eigenvalue weighted by Crippen LogP contribution is -2.37. The van der Waals surface area contributed by atoms with Gasteiger partial charge in [-0.25, -0.2) is 4.98 Å². The quantitative estimate of drug-likeness (QED) is 0.494. The highest BCUT2D eigenvalue weighted by Gasteiger charge is 2.44. The highest BCUT2D eigenvalue weighted by Crippen LogP contribution is 2.36. The lowest BCUT2D eigenvalue weighted by molar-refractivity contribution is -0.142. The number of hydrogen-bond acceptors (Lipinski definition) is 7. The smallest absolute Gasteiger partial charge is 0.421 e. The summed E-state index contributed by atoms with van der Waals surface area (Å²) in [6, 6.07) is 1.68. The van der Waals surface area contributed by atoms with E-state index in [-0.39, 0.29) is 17.7 Å². The molecule has 1 aliphatic rings. The van der Waals surface area contributed by atoms with Crippen LogP contribution in [0.5, 0.6) is 0 Å². The number of rotatable bonds is 5. The van der Waals surface area contributed by atoms with E-state index >= 15 is 0 Å². The van der Waals surface area contributed by atoms with Gasteiger partial charge in [0.1, 0.15) is 46.2 Å². The number of cyclic esters (lactones) is 1. The van der Waals surface area contributed by atoms with Crippen LogP contribution in [0.2, 0.25) is 0 Å². The molecule has 0 radical (unpaired) electrons. The minimum Gasteiger partial charge on any atom is -0.465 e. The molecule has 0 bridgehead atoms. The van der Waals surface area contributed by atoms with Gasteiger partial charge in [-0.05, 0) is 12.2 Å². The molecule has 1 fully saturated rings. The Bertz CT molecular complexity index is 946. The Balaban J connectivity index is 2.02. The van der Waals surface area contributed by atoms with Crippen molar-refractivity contribution in [3.05, 3.63) is 23.5 Å². The molecule has 3 rings (SSSR count). The molecular weight excluding hydrogens is 386 g/mol. The van der Waals surface area contributed by atoms with Crippen molar-refractivity contribution >= 4 is 47.1 Å². The second kappa shape index (κ2) is 6.99. The Kier molecular flexibility index (Phi) is 5.08. The maximum Gasteiger partial charge on any atom is 0.421 e. The molecule has 8 nitrogen and oxygen atoms in total. The summed E-state index contributed by atoms with van der Waals surface area (Å²) >= 11 is 0. The highest BCUT2D eigenvalue weighted by molar-refractivity contribution is 6.56. The zero-order valence-electron chi connectivity index (χ0n) is 16.8. The van der Waals surface area contributed by atoms with Crippen LogP contribution in [0, 0.1) is 0 Å². The minimum absolute atomic E-state index is 0.0292. The van der Waals surface area contributed by atoms with E-state index in [0.29, 0.717) is 24.5 Å².